The van der Waals surface area contributed by atoms with E-state index in [1.54, 1.807) is 0 Å². The summed E-state index contributed by atoms with van der Waals surface area (Å²) in [6, 6.07) is 28.9. The van der Waals surface area contributed by atoms with Crippen molar-refractivity contribution in [2.75, 3.05) is 20.1 Å². The van der Waals surface area contributed by atoms with Gasteiger partial charge in [0.2, 0.25) is 5.91 Å². The largest absolute Gasteiger partial charge is 0.356 e. The van der Waals surface area contributed by atoms with Crippen molar-refractivity contribution >= 4 is 5.91 Å². The van der Waals surface area contributed by atoms with E-state index in [-0.39, 0.29) is 5.91 Å². The topological polar surface area (TPSA) is 50.2 Å². The van der Waals surface area contributed by atoms with Crippen LogP contribution < -0.4 is 5.32 Å². The van der Waals surface area contributed by atoms with Gasteiger partial charge in [0.05, 0.1) is 11.4 Å². The van der Waals surface area contributed by atoms with Crippen LogP contribution in [0, 0.1) is 6.92 Å². The Labute approximate surface area is 208 Å². The fraction of sp³-hybridized carbons (Fsp3) is 0.267. The second kappa shape index (κ2) is 12.1. The molecule has 5 nitrogen and oxygen atoms in total. The van der Waals surface area contributed by atoms with E-state index in [2.05, 4.69) is 78.9 Å². The van der Waals surface area contributed by atoms with Crippen molar-refractivity contribution in [2.24, 2.45) is 0 Å². The molecular formula is C30H34N4O. The van der Waals surface area contributed by atoms with Gasteiger partial charge in [-0.3, -0.25) is 4.79 Å². The SMILES string of the molecule is Cc1ccc(-c2nn(-c3ccccc3)cc2CCC(=O)NCCCN(C)Cc2ccccc2)cc1. The predicted octanol–water partition coefficient (Wildman–Crippen LogP) is 5.42. The van der Waals surface area contributed by atoms with E-state index in [1.165, 1.54) is 11.1 Å². The third kappa shape index (κ3) is 7.14. The summed E-state index contributed by atoms with van der Waals surface area (Å²) in [7, 11) is 2.12. The zero-order valence-electron chi connectivity index (χ0n) is 20.7. The van der Waals surface area contributed by atoms with E-state index >= 15 is 0 Å². The smallest absolute Gasteiger partial charge is 0.220 e. The molecule has 1 aromatic heterocycles. The number of nitrogens with zero attached hydrogens (tertiary/aromatic N) is 3. The zero-order valence-corrected chi connectivity index (χ0v) is 20.7. The molecule has 0 aliphatic rings. The monoisotopic (exact) mass is 466 g/mol. The minimum Gasteiger partial charge on any atom is -0.356 e. The number of para-hydroxylation sites is 1. The summed E-state index contributed by atoms with van der Waals surface area (Å²) in [5, 5.41) is 7.95. The fourth-order valence-corrected chi connectivity index (χ4v) is 4.15. The van der Waals surface area contributed by atoms with Crippen LogP contribution in [0.2, 0.25) is 0 Å². The van der Waals surface area contributed by atoms with Crippen molar-refractivity contribution < 1.29 is 4.79 Å². The van der Waals surface area contributed by atoms with E-state index in [9.17, 15) is 4.79 Å². The van der Waals surface area contributed by atoms with Gasteiger partial charge in [-0.15, -0.1) is 0 Å². The number of benzene rings is 3. The fourth-order valence-electron chi connectivity index (χ4n) is 4.15. The Kier molecular flexibility index (Phi) is 8.47. The Bertz CT molecular complexity index is 1200. The zero-order chi connectivity index (χ0) is 24.5. The highest BCUT2D eigenvalue weighted by atomic mass is 16.1. The van der Waals surface area contributed by atoms with Crippen LogP contribution in [0.1, 0.15) is 29.5 Å². The molecule has 0 radical (unpaired) electrons. The second-order valence-corrected chi connectivity index (χ2v) is 9.08. The Morgan fingerprint density at radius 3 is 2.34 bits per heavy atom. The van der Waals surface area contributed by atoms with Gasteiger partial charge in [0, 0.05) is 31.3 Å². The van der Waals surface area contributed by atoms with Crippen LogP contribution in [0.5, 0.6) is 0 Å². The lowest BCUT2D eigenvalue weighted by Gasteiger charge is -2.16. The molecular weight excluding hydrogens is 432 g/mol. The Morgan fingerprint density at radius 2 is 1.63 bits per heavy atom. The lowest BCUT2D eigenvalue weighted by atomic mass is 10.0. The molecule has 3 aromatic carbocycles. The molecule has 4 aromatic rings. The lowest BCUT2D eigenvalue weighted by Crippen LogP contribution is -2.28. The van der Waals surface area contributed by atoms with Gasteiger partial charge in [0.15, 0.2) is 0 Å². The van der Waals surface area contributed by atoms with Crippen LogP contribution in [-0.4, -0.2) is 40.7 Å². The number of carbonyl (C=O) groups excluding carboxylic acids is 1. The molecule has 0 bridgehead atoms. The van der Waals surface area contributed by atoms with Gasteiger partial charge in [0.25, 0.3) is 0 Å². The van der Waals surface area contributed by atoms with Gasteiger partial charge >= 0.3 is 0 Å². The summed E-state index contributed by atoms with van der Waals surface area (Å²) < 4.78 is 1.91. The molecule has 35 heavy (non-hydrogen) atoms. The van der Waals surface area contributed by atoms with Crippen LogP contribution in [0.4, 0.5) is 0 Å². The highest BCUT2D eigenvalue weighted by molar-refractivity contribution is 5.76. The number of hydrogen-bond donors (Lipinski definition) is 1. The summed E-state index contributed by atoms with van der Waals surface area (Å²) in [5.41, 5.74) is 6.61. The van der Waals surface area contributed by atoms with Crippen LogP contribution in [-0.2, 0) is 17.8 Å². The number of rotatable bonds is 11. The molecule has 180 valence electrons. The minimum atomic E-state index is 0.0815. The van der Waals surface area contributed by atoms with Crippen molar-refractivity contribution in [1.82, 2.24) is 20.0 Å². The first-order chi connectivity index (χ1) is 17.1. The van der Waals surface area contributed by atoms with Gasteiger partial charge in [-0.05, 0) is 56.6 Å². The molecule has 0 saturated heterocycles. The van der Waals surface area contributed by atoms with Crippen molar-refractivity contribution in [1.29, 1.82) is 0 Å². The third-order valence-corrected chi connectivity index (χ3v) is 6.09. The van der Waals surface area contributed by atoms with Gasteiger partial charge in [-0.2, -0.15) is 5.10 Å². The van der Waals surface area contributed by atoms with E-state index in [4.69, 9.17) is 5.10 Å². The summed E-state index contributed by atoms with van der Waals surface area (Å²) in [4.78, 5) is 14.9. The molecule has 0 atom stereocenters. The molecule has 0 saturated carbocycles. The normalized spacial score (nSPS) is 11.1. The molecule has 1 N–H and O–H groups in total. The standard InChI is InChI=1S/C30H34N4O/c1-24-14-16-26(17-15-24)30-27(23-34(32-30)28-12-7-4-8-13-28)18-19-29(35)31-20-9-21-33(2)22-25-10-5-3-6-11-25/h3-8,10-17,23H,9,18-22H2,1-2H3,(H,31,35). The van der Waals surface area contributed by atoms with Crippen molar-refractivity contribution in [3.05, 3.63) is 108 Å². The first-order valence-corrected chi connectivity index (χ1v) is 12.3. The molecule has 0 aliphatic heterocycles. The summed E-state index contributed by atoms with van der Waals surface area (Å²) in [6.07, 6.45) is 4.07. The highest BCUT2D eigenvalue weighted by Gasteiger charge is 2.14. The maximum absolute atomic E-state index is 12.6. The van der Waals surface area contributed by atoms with E-state index < -0.39 is 0 Å². The average molecular weight is 467 g/mol. The number of aromatic nitrogens is 2. The lowest BCUT2D eigenvalue weighted by molar-refractivity contribution is -0.121. The van der Waals surface area contributed by atoms with Crippen LogP contribution in [0.25, 0.3) is 16.9 Å². The van der Waals surface area contributed by atoms with E-state index in [1.807, 2.05) is 41.1 Å². The Hall–Kier alpha value is -3.70. The molecule has 0 unspecified atom stereocenters. The summed E-state index contributed by atoms with van der Waals surface area (Å²) in [6.45, 7) is 4.63. The van der Waals surface area contributed by atoms with E-state index in [0.717, 1.165) is 42.0 Å². The van der Waals surface area contributed by atoms with Crippen LogP contribution in [0.15, 0.2) is 91.1 Å². The maximum Gasteiger partial charge on any atom is 0.220 e. The van der Waals surface area contributed by atoms with Gasteiger partial charge < -0.3 is 10.2 Å². The van der Waals surface area contributed by atoms with Gasteiger partial charge in [-0.25, -0.2) is 4.68 Å². The van der Waals surface area contributed by atoms with Crippen LogP contribution in [0.3, 0.4) is 0 Å². The van der Waals surface area contributed by atoms with Crippen molar-refractivity contribution in [2.45, 2.75) is 32.7 Å². The van der Waals surface area contributed by atoms with Gasteiger partial charge in [0.1, 0.15) is 0 Å². The Balaban J connectivity index is 1.31. The predicted molar refractivity (Wildman–Crippen MR) is 142 cm³/mol. The number of aryl methyl sites for hydroxylation is 2. The Morgan fingerprint density at radius 1 is 0.943 bits per heavy atom. The molecule has 5 heteroatoms. The molecule has 0 aliphatic carbocycles. The first kappa shape index (κ1) is 24.4. The summed E-state index contributed by atoms with van der Waals surface area (Å²) in [5.74, 6) is 0.0815. The number of amides is 1. The number of carbonyl (C=O) groups is 1. The van der Waals surface area contributed by atoms with Gasteiger partial charge in [-0.1, -0.05) is 78.4 Å². The average Bonchev–Trinajstić information content (AvgIpc) is 3.31. The molecule has 0 fully saturated rings. The molecule has 1 heterocycles. The highest BCUT2D eigenvalue weighted by Crippen LogP contribution is 2.25. The first-order valence-electron chi connectivity index (χ1n) is 12.3. The molecule has 0 spiro atoms. The minimum absolute atomic E-state index is 0.0815. The summed E-state index contributed by atoms with van der Waals surface area (Å²) >= 11 is 0. The second-order valence-electron chi connectivity index (χ2n) is 9.08. The van der Waals surface area contributed by atoms with Crippen molar-refractivity contribution in [3.8, 4) is 16.9 Å². The third-order valence-electron chi connectivity index (χ3n) is 6.09. The number of nitrogens with one attached hydrogen (secondary N) is 1. The quantitative estimate of drug-likeness (QED) is 0.300. The van der Waals surface area contributed by atoms with E-state index in [0.29, 0.717) is 19.4 Å². The molecule has 1 amide bonds. The maximum atomic E-state index is 12.6. The van der Waals surface area contributed by atoms with Crippen LogP contribution >= 0.6 is 0 Å². The molecule has 4 rings (SSSR count). The van der Waals surface area contributed by atoms with Crippen molar-refractivity contribution in [3.63, 3.8) is 0 Å². The number of hydrogen-bond acceptors (Lipinski definition) is 3.